The van der Waals surface area contributed by atoms with Crippen LogP contribution in [0.25, 0.3) is 0 Å². The second-order valence-electron chi connectivity index (χ2n) is 5.93. The van der Waals surface area contributed by atoms with Crippen molar-refractivity contribution in [3.63, 3.8) is 0 Å². The summed E-state index contributed by atoms with van der Waals surface area (Å²) >= 11 is 0. The van der Waals surface area contributed by atoms with E-state index in [1.54, 1.807) is 13.8 Å². The molecular weight excluding hydrogens is 260 g/mol. The van der Waals surface area contributed by atoms with Gasteiger partial charge in [-0.15, -0.1) is 0 Å². The van der Waals surface area contributed by atoms with Crippen LogP contribution in [0.4, 0.5) is 5.69 Å². The highest BCUT2D eigenvalue weighted by Crippen LogP contribution is 2.22. The van der Waals surface area contributed by atoms with Crippen LogP contribution >= 0.6 is 0 Å². The largest absolute Gasteiger partial charge is 0.389 e. The monoisotopic (exact) mass is 282 g/mol. The maximum Gasteiger partial charge on any atom is 0.269 e. The topological polar surface area (TPSA) is 95.6 Å². The Labute approximate surface area is 118 Å². The molecule has 1 aromatic rings. The fraction of sp³-hybridized carbons (Fsp3) is 0.571. The van der Waals surface area contributed by atoms with E-state index < -0.39 is 22.2 Å². The molecule has 20 heavy (non-hydrogen) atoms. The Morgan fingerprint density at radius 1 is 1.25 bits per heavy atom. The molecule has 0 bridgehead atoms. The van der Waals surface area contributed by atoms with Crippen molar-refractivity contribution in [2.24, 2.45) is 0 Å². The van der Waals surface area contributed by atoms with E-state index in [0.717, 1.165) is 0 Å². The lowest BCUT2D eigenvalue weighted by molar-refractivity contribution is -0.384. The van der Waals surface area contributed by atoms with Crippen molar-refractivity contribution in [3.05, 3.63) is 39.9 Å². The molecule has 0 amide bonds. The molecule has 6 nitrogen and oxygen atoms in total. The summed E-state index contributed by atoms with van der Waals surface area (Å²) in [5.74, 6) is 0. The van der Waals surface area contributed by atoms with Crippen molar-refractivity contribution in [2.75, 3.05) is 6.54 Å². The number of nitrogens with zero attached hydrogens (tertiary/aromatic N) is 1. The van der Waals surface area contributed by atoms with Crippen molar-refractivity contribution >= 4 is 5.69 Å². The Morgan fingerprint density at radius 3 is 2.15 bits per heavy atom. The number of rotatable bonds is 6. The Morgan fingerprint density at radius 2 is 1.75 bits per heavy atom. The van der Waals surface area contributed by atoms with Crippen LogP contribution in [0.15, 0.2) is 24.3 Å². The molecule has 3 N–H and O–H groups in total. The van der Waals surface area contributed by atoms with Crippen LogP contribution in [0.2, 0.25) is 0 Å². The summed E-state index contributed by atoms with van der Waals surface area (Å²) in [4.78, 5) is 10.1. The quantitative estimate of drug-likeness (QED) is 0.546. The first-order valence-corrected chi connectivity index (χ1v) is 6.44. The number of β-amino-alcohol motifs (C(OH)–C–C–N with tert-alkyl or cyclic N) is 1. The summed E-state index contributed by atoms with van der Waals surface area (Å²) in [5, 5.41) is 33.7. The number of non-ortho nitro benzene ring substituents is 1. The Bertz CT molecular complexity index is 463. The lowest BCUT2D eigenvalue weighted by Gasteiger charge is -2.38. The van der Waals surface area contributed by atoms with Gasteiger partial charge in [0, 0.05) is 24.2 Å². The first-order chi connectivity index (χ1) is 9.04. The molecule has 6 heteroatoms. The number of hydrogen-bond donors (Lipinski definition) is 3. The molecule has 0 aliphatic heterocycles. The standard InChI is InChI=1S/C14H22N2O4/c1-13(2,14(3,4)18)15-9-12(17)10-5-7-11(8-6-10)16(19)20/h5-8,12,15,17-18H,9H2,1-4H3. The zero-order valence-electron chi connectivity index (χ0n) is 12.3. The number of hydrogen-bond acceptors (Lipinski definition) is 5. The highest BCUT2D eigenvalue weighted by atomic mass is 16.6. The van der Waals surface area contributed by atoms with Gasteiger partial charge in [-0.05, 0) is 45.4 Å². The fourth-order valence-corrected chi connectivity index (χ4v) is 1.50. The van der Waals surface area contributed by atoms with Crippen LogP contribution in [0.3, 0.4) is 0 Å². The summed E-state index contributed by atoms with van der Waals surface area (Å²) in [6.07, 6.45) is -0.794. The van der Waals surface area contributed by atoms with E-state index in [4.69, 9.17) is 0 Å². The average Bonchev–Trinajstić information content (AvgIpc) is 2.34. The first-order valence-electron chi connectivity index (χ1n) is 6.44. The van der Waals surface area contributed by atoms with Crippen LogP contribution < -0.4 is 5.32 Å². The van der Waals surface area contributed by atoms with Crippen LogP contribution in [0, 0.1) is 10.1 Å². The summed E-state index contributed by atoms with van der Waals surface area (Å²) in [7, 11) is 0. The minimum absolute atomic E-state index is 0.00858. The third-order valence-corrected chi connectivity index (χ3v) is 3.76. The van der Waals surface area contributed by atoms with Gasteiger partial charge in [0.25, 0.3) is 5.69 Å². The van der Waals surface area contributed by atoms with Crippen LogP contribution in [0.5, 0.6) is 0 Å². The molecule has 0 radical (unpaired) electrons. The van der Waals surface area contributed by atoms with Gasteiger partial charge in [-0.3, -0.25) is 10.1 Å². The van der Waals surface area contributed by atoms with Gasteiger partial charge in [0.15, 0.2) is 0 Å². The molecule has 0 aliphatic carbocycles. The SMILES string of the molecule is CC(C)(O)C(C)(C)NCC(O)c1ccc([N+](=O)[O-])cc1. The second kappa shape index (κ2) is 5.87. The third kappa shape index (κ3) is 4.00. The van der Waals surface area contributed by atoms with Gasteiger partial charge < -0.3 is 15.5 Å². The minimum Gasteiger partial charge on any atom is -0.389 e. The van der Waals surface area contributed by atoms with Crippen molar-refractivity contribution in [1.82, 2.24) is 5.32 Å². The second-order valence-corrected chi connectivity index (χ2v) is 5.93. The van der Waals surface area contributed by atoms with Crippen molar-refractivity contribution in [1.29, 1.82) is 0 Å². The normalized spacial score (nSPS) is 14.1. The first kappa shape index (κ1) is 16.6. The molecule has 0 aliphatic rings. The van der Waals surface area contributed by atoms with E-state index in [0.29, 0.717) is 5.56 Å². The Hall–Kier alpha value is -1.50. The summed E-state index contributed by atoms with van der Waals surface area (Å²) in [6, 6.07) is 5.78. The molecule has 1 rings (SSSR count). The molecular formula is C14H22N2O4. The molecule has 0 saturated carbocycles. The lowest BCUT2D eigenvalue weighted by atomic mass is 9.86. The van der Waals surface area contributed by atoms with Gasteiger partial charge in [-0.25, -0.2) is 0 Å². The molecule has 1 aromatic carbocycles. The highest BCUT2D eigenvalue weighted by molar-refractivity contribution is 5.33. The zero-order valence-corrected chi connectivity index (χ0v) is 12.3. The molecule has 112 valence electrons. The third-order valence-electron chi connectivity index (χ3n) is 3.76. The summed E-state index contributed by atoms with van der Waals surface area (Å²) in [5.41, 5.74) is -0.933. The number of aliphatic hydroxyl groups excluding tert-OH is 1. The zero-order chi connectivity index (χ0) is 15.6. The predicted molar refractivity (Wildman–Crippen MR) is 76.4 cm³/mol. The van der Waals surface area contributed by atoms with Crippen LogP contribution in [0.1, 0.15) is 39.4 Å². The Balaban J connectivity index is 2.68. The number of nitro benzene ring substituents is 1. The van der Waals surface area contributed by atoms with Gasteiger partial charge in [0.1, 0.15) is 0 Å². The average molecular weight is 282 g/mol. The maximum absolute atomic E-state index is 10.6. The molecule has 0 spiro atoms. The Kier molecular flexibility index (Phi) is 4.86. The number of benzene rings is 1. The van der Waals surface area contributed by atoms with Crippen LogP contribution in [-0.4, -0.2) is 32.8 Å². The maximum atomic E-state index is 10.6. The van der Waals surface area contributed by atoms with Gasteiger partial charge in [0.2, 0.25) is 0 Å². The smallest absolute Gasteiger partial charge is 0.269 e. The van der Waals surface area contributed by atoms with E-state index in [2.05, 4.69) is 5.32 Å². The summed E-state index contributed by atoms with van der Waals surface area (Å²) in [6.45, 7) is 7.32. The van der Waals surface area contributed by atoms with Gasteiger partial charge >= 0.3 is 0 Å². The number of aliphatic hydroxyl groups is 2. The molecule has 1 unspecified atom stereocenters. The molecule has 0 heterocycles. The van der Waals surface area contributed by atoms with Gasteiger partial charge in [-0.2, -0.15) is 0 Å². The van der Waals surface area contributed by atoms with Crippen molar-refractivity contribution in [3.8, 4) is 0 Å². The van der Waals surface area contributed by atoms with Crippen molar-refractivity contribution < 1.29 is 15.1 Å². The van der Waals surface area contributed by atoms with E-state index in [-0.39, 0.29) is 12.2 Å². The fourth-order valence-electron chi connectivity index (χ4n) is 1.50. The number of nitro groups is 1. The van der Waals surface area contributed by atoms with E-state index in [1.165, 1.54) is 24.3 Å². The molecule has 1 atom stereocenters. The summed E-state index contributed by atoms with van der Waals surface area (Å²) < 4.78 is 0. The van der Waals surface area contributed by atoms with Crippen LogP contribution in [-0.2, 0) is 0 Å². The van der Waals surface area contributed by atoms with E-state index in [1.807, 2.05) is 13.8 Å². The van der Waals surface area contributed by atoms with Gasteiger partial charge in [-0.1, -0.05) is 0 Å². The van der Waals surface area contributed by atoms with Crippen molar-refractivity contribution in [2.45, 2.75) is 44.9 Å². The molecule has 0 saturated heterocycles. The highest BCUT2D eigenvalue weighted by Gasteiger charge is 2.34. The molecule has 0 fully saturated rings. The number of nitrogens with one attached hydrogen (secondary N) is 1. The predicted octanol–water partition coefficient (Wildman–Crippen LogP) is 1.77. The van der Waals surface area contributed by atoms with E-state index >= 15 is 0 Å². The lowest BCUT2D eigenvalue weighted by Crippen LogP contribution is -2.56. The molecule has 0 aromatic heterocycles. The van der Waals surface area contributed by atoms with E-state index in [9.17, 15) is 20.3 Å². The minimum atomic E-state index is -0.942. The van der Waals surface area contributed by atoms with Gasteiger partial charge in [0.05, 0.1) is 16.6 Å².